The van der Waals surface area contributed by atoms with Gasteiger partial charge in [-0.2, -0.15) is 0 Å². The smallest absolute Gasteiger partial charge is 0.313 e. The summed E-state index contributed by atoms with van der Waals surface area (Å²) in [6.07, 6.45) is 1.23. The van der Waals surface area contributed by atoms with Gasteiger partial charge >= 0.3 is 5.97 Å². The molecule has 0 aliphatic rings. The van der Waals surface area contributed by atoms with E-state index >= 15 is 0 Å². The van der Waals surface area contributed by atoms with Gasteiger partial charge in [0.25, 0.3) is 0 Å². The van der Waals surface area contributed by atoms with E-state index < -0.39 is 30.1 Å². The van der Waals surface area contributed by atoms with Crippen LogP contribution in [0.3, 0.4) is 0 Å². The number of carbonyl (C=O) groups excluding carboxylic acids is 2. The fraction of sp³-hybridized carbons (Fsp3) is 0.429. The lowest BCUT2D eigenvalue weighted by atomic mass is 9.88. The number of esters is 1. The maximum Gasteiger partial charge on any atom is 0.313 e. The maximum atomic E-state index is 13.7. The van der Waals surface area contributed by atoms with Crippen molar-refractivity contribution in [3.63, 3.8) is 0 Å². The van der Waals surface area contributed by atoms with E-state index in [0.29, 0.717) is 22.4 Å². The van der Waals surface area contributed by atoms with Gasteiger partial charge in [-0.05, 0) is 47.7 Å². The van der Waals surface area contributed by atoms with Crippen LogP contribution in [-0.4, -0.2) is 66.2 Å². The number of hydrogen-bond donors (Lipinski definition) is 3. The van der Waals surface area contributed by atoms with Crippen molar-refractivity contribution in [2.75, 3.05) is 33.0 Å². The highest BCUT2D eigenvalue weighted by molar-refractivity contribution is 5.96. The van der Waals surface area contributed by atoms with Crippen molar-refractivity contribution in [3.8, 4) is 22.6 Å². The van der Waals surface area contributed by atoms with Crippen molar-refractivity contribution in [1.29, 1.82) is 0 Å². The van der Waals surface area contributed by atoms with Gasteiger partial charge in [0.1, 0.15) is 31.2 Å². The number of ether oxygens (including phenoxy) is 3. The largest absolute Gasteiger partial charge is 0.487 e. The molecule has 0 bridgehead atoms. The fourth-order valence-electron chi connectivity index (χ4n) is 3.74. The molecule has 0 radical (unpaired) electrons. The quantitative estimate of drug-likeness (QED) is 0.241. The highest BCUT2D eigenvalue weighted by Gasteiger charge is 2.23. The number of halogens is 1. The summed E-state index contributed by atoms with van der Waals surface area (Å²) in [5.74, 6) is -0.929. The number of aliphatic hydroxyl groups is 3. The standard InChI is InChI=1S/C28H35FO8/c1-4-35-26(34)16-22(33)15-21(32)9-10-23-24(18(2)3)17-25(36-13-11-30)28(37-14-12-31)27(23)19-5-7-20(29)8-6-19/h5-10,17-18,21,30-32H,4,11-16H2,1-3H3. The summed E-state index contributed by atoms with van der Waals surface area (Å²) in [5.41, 5.74) is 2.58. The van der Waals surface area contributed by atoms with E-state index in [2.05, 4.69) is 0 Å². The second kappa shape index (κ2) is 15.1. The maximum absolute atomic E-state index is 13.7. The van der Waals surface area contributed by atoms with Crippen molar-refractivity contribution >= 4 is 17.8 Å². The number of aliphatic hydroxyl groups excluding tert-OH is 3. The monoisotopic (exact) mass is 518 g/mol. The Hall–Kier alpha value is -3.27. The third-order valence-electron chi connectivity index (χ3n) is 5.33. The third kappa shape index (κ3) is 8.96. The highest BCUT2D eigenvalue weighted by Crippen LogP contribution is 2.45. The van der Waals surface area contributed by atoms with E-state index in [1.54, 1.807) is 31.2 Å². The molecule has 1 atom stereocenters. The molecule has 0 heterocycles. The van der Waals surface area contributed by atoms with E-state index in [9.17, 15) is 29.3 Å². The van der Waals surface area contributed by atoms with Gasteiger partial charge in [-0.25, -0.2) is 4.39 Å². The van der Waals surface area contributed by atoms with Crippen LogP contribution in [0, 0.1) is 5.82 Å². The van der Waals surface area contributed by atoms with Crippen molar-refractivity contribution < 1.29 is 43.5 Å². The van der Waals surface area contributed by atoms with Crippen LogP contribution >= 0.6 is 0 Å². The van der Waals surface area contributed by atoms with Crippen molar-refractivity contribution in [1.82, 2.24) is 0 Å². The molecule has 0 fully saturated rings. The van der Waals surface area contributed by atoms with E-state index in [1.807, 2.05) is 13.8 Å². The van der Waals surface area contributed by atoms with Crippen LogP contribution in [0.25, 0.3) is 17.2 Å². The van der Waals surface area contributed by atoms with Crippen molar-refractivity contribution in [2.24, 2.45) is 0 Å². The Kier molecular flexibility index (Phi) is 12.2. The molecule has 0 saturated carbocycles. The first-order valence-electron chi connectivity index (χ1n) is 12.2. The molecule has 0 spiro atoms. The first-order valence-corrected chi connectivity index (χ1v) is 12.2. The molecular formula is C28H35FO8. The summed E-state index contributed by atoms with van der Waals surface area (Å²) in [6, 6.07) is 7.52. The number of carbonyl (C=O) groups is 2. The predicted octanol–water partition coefficient (Wildman–Crippen LogP) is 3.64. The van der Waals surface area contributed by atoms with Crippen molar-refractivity contribution in [2.45, 2.75) is 45.6 Å². The van der Waals surface area contributed by atoms with Gasteiger partial charge in [0, 0.05) is 12.0 Å². The zero-order valence-corrected chi connectivity index (χ0v) is 21.4. The Morgan fingerprint density at radius 1 is 1.05 bits per heavy atom. The molecular weight excluding hydrogens is 483 g/mol. The summed E-state index contributed by atoms with van der Waals surface area (Å²) in [5, 5.41) is 29.2. The third-order valence-corrected chi connectivity index (χ3v) is 5.33. The first kappa shape index (κ1) is 30.0. The van der Waals surface area contributed by atoms with E-state index in [4.69, 9.17) is 14.2 Å². The van der Waals surface area contributed by atoms with E-state index in [1.165, 1.54) is 18.2 Å². The van der Waals surface area contributed by atoms with Gasteiger partial charge in [0.15, 0.2) is 11.5 Å². The van der Waals surface area contributed by atoms with E-state index in [-0.39, 0.29) is 51.1 Å². The van der Waals surface area contributed by atoms with Gasteiger partial charge in [0.05, 0.1) is 25.9 Å². The van der Waals surface area contributed by atoms with Gasteiger partial charge in [-0.3, -0.25) is 9.59 Å². The average Bonchev–Trinajstić information content (AvgIpc) is 2.85. The zero-order chi connectivity index (χ0) is 27.4. The Morgan fingerprint density at radius 2 is 1.70 bits per heavy atom. The van der Waals surface area contributed by atoms with Gasteiger partial charge in [0.2, 0.25) is 0 Å². The summed E-state index contributed by atoms with van der Waals surface area (Å²) in [4.78, 5) is 23.7. The molecule has 202 valence electrons. The van der Waals surface area contributed by atoms with Crippen LogP contribution in [0.5, 0.6) is 11.5 Å². The molecule has 3 N–H and O–H groups in total. The van der Waals surface area contributed by atoms with Gasteiger partial charge in [-0.15, -0.1) is 0 Å². The lowest BCUT2D eigenvalue weighted by molar-refractivity contribution is -0.145. The van der Waals surface area contributed by atoms with Gasteiger partial charge in [-0.1, -0.05) is 38.1 Å². The molecule has 0 aliphatic carbocycles. The van der Waals surface area contributed by atoms with Crippen molar-refractivity contribution in [3.05, 3.63) is 53.4 Å². The minimum absolute atomic E-state index is 0.00630. The summed E-state index contributed by atoms with van der Waals surface area (Å²) in [7, 11) is 0. The predicted molar refractivity (Wildman–Crippen MR) is 137 cm³/mol. The topological polar surface area (TPSA) is 123 Å². The normalized spacial score (nSPS) is 12.1. The number of hydrogen-bond acceptors (Lipinski definition) is 8. The lowest BCUT2D eigenvalue weighted by Crippen LogP contribution is -2.16. The van der Waals surface area contributed by atoms with Crippen LogP contribution < -0.4 is 9.47 Å². The van der Waals surface area contributed by atoms with Crippen LogP contribution in [0.1, 0.15) is 50.7 Å². The Balaban J connectivity index is 2.60. The Morgan fingerprint density at radius 3 is 2.30 bits per heavy atom. The molecule has 37 heavy (non-hydrogen) atoms. The second-order valence-corrected chi connectivity index (χ2v) is 8.54. The number of ketones is 1. The zero-order valence-electron chi connectivity index (χ0n) is 21.4. The minimum Gasteiger partial charge on any atom is -0.487 e. The fourth-order valence-corrected chi connectivity index (χ4v) is 3.74. The summed E-state index contributed by atoms with van der Waals surface area (Å²) >= 11 is 0. The van der Waals surface area contributed by atoms with Crippen LogP contribution in [0.2, 0.25) is 0 Å². The molecule has 9 heteroatoms. The lowest BCUT2D eigenvalue weighted by Gasteiger charge is -2.23. The number of Topliss-reactive ketones (excluding diaryl/α,β-unsaturated/α-hetero) is 1. The molecule has 0 saturated heterocycles. The molecule has 2 aromatic rings. The van der Waals surface area contributed by atoms with E-state index in [0.717, 1.165) is 5.56 Å². The van der Waals surface area contributed by atoms with Crippen LogP contribution in [0.15, 0.2) is 36.4 Å². The van der Waals surface area contributed by atoms with Gasteiger partial charge < -0.3 is 29.5 Å². The molecule has 1 unspecified atom stereocenters. The minimum atomic E-state index is -1.17. The SMILES string of the molecule is CCOC(=O)CC(=O)CC(O)C=Cc1c(C(C)C)cc(OCCO)c(OCCO)c1-c1ccc(F)cc1. The first-order chi connectivity index (χ1) is 17.7. The Bertz CT molecular complexity index is 1060. The molecule has 8 nitrogen and oxygen atoms in total. The molecule has 2 rings (SSSR count). The Labute approximate surface area is 216 Å². The molecule has 0 aliphatic heterocycles. The van der Waals surface area contributed by atoms with Crippen LogP contribution in [0.4, 0.5) is 4.39 Å². The molecule has 2 aromatic carbocycles. The molecule has 0 aromatic heterocycles. The average molecular weight is 519 g/mol. The number of benzene rings is 2. The summed E-state index contributed by atoms with van der Waals surface area (Å²) < 4.78 is 30.1. The second-order valence-electron chi connectivity index (χ2n) is 8.54. The molecule has 0 amide bonds. The highest BCUT2D eigenvalue weighted by atomic mass is 19.1. The summed E-state index contributed by atoms with van der Waals surface area (Å²) in [6.45, 7) is 5.21. The van der Waals surface area contributed by atoms with Crippen LogP contribution in [-0.2, 0) is 14.3 Å². The number of rotatable bonds is 15.